The molecule has 1 aromatic carbocycles. The second-order valence-electron chi connectivity index (χ2n) is 6.72. The zero-order valence-electron chi connectivity index (χ0n) is 15.6. The standard InChI is InChI=1S/C19H31ClN4O/c1-15(2)18(24-9-11-25-12-10-24)14-23-19(21-3)22-8-7-16-5-4-6-17(20)13-16/h4-6,13,15,18H,7-12,14H2,1-3H3,(H2,21,22,23). The fourth-order valence-electron chi connectivity index (χ4n) is 3.14. The molecule has 5 nitrogen and oxygen atoms in total. The molecule has 2 N–H and O–H groups in total. The number of hydrogen-bond acceptors (Lipinski definition) is 3. The molecule has 0 radical (unpaired) electrons. The van der Waals surface area contributed by atoms with Gasteiger partial charge in [-0.1, -0.05) is 37.6 Å². The third-order valence-electron chi connectivity index (χ3n) is 4.58. The van der Waals surface area contributed by atoms with Gasteiger partial charge in [0, 0.05) is 44.3 Å². The summed E-state index contributed by atoms with van der Waals surface area (Å²) in [5, 5.41) is 7.65. The predicted octanol–water partition coefficient (Wildman–Crippen LogP) is 2.40. The van der Waals surface area contributed by atoms with Gasteiger partial charge >= 0.3 is 0 Å². The van der Waals surface area contributed by atoms with Crippen LogP contribution in [0.25, 0.3) is 0 Å². The second kappa shape index (κ2) is 10.6. The van der Waals surface area contributed by atoms with Gasteiger partial charge < -0.3 is 15.4 Å². The van der Waals surface area contributed by atoms with Crippen LogP contribution in [-0.4, -0.2) is 63.3 Å². The molecule has 2 rings (SSSR count). The molecule has 0 aliphatic carbocycles. The maximum atomic E-state index is 6.03. The van der Waals surface area contributed by atoms with Crippen LogP contribution in [-0.2, 0) is 11.2 Å². The van der Waals surface area contributed by atoms with Gasteiger partial charge in [-0.3, -0.25) is 9.89 Å². The summed E-state index contributed by atoms with van der Waals surface area (Å²) in [6.45, 7) is 9.93. The summed E-state index contributed by atoms with van der Waals surface area (Å²) in [6, 6.07) is 8.47. The van der Waals surface area contributed by atoms with E-state index in [9.17, 15) is 0 Å². The Morgan fingerprint density at radius 1 is 1.28 bits per heavy atom. The summed E-state index contributed by atoms with van der Waals surface area (Å²) in [6.07, 6.45) is 0.915. The lowest BCUT2D eigenvalue weighted by atomic mass is 10.0. The minimum Gasteiger partial charge on any atom is -0.379 e. The molecule has 0 aromatic heterocycles. The molecule has 0 amide bonds. The van der Waals surface area contributed by atoms with Crippen LogP contribution in [0.4, 0.5) is 0 Å². The van der Waals surface area contributed by atoms with Gasteiger partial charge in [0.2, 0.25) is 0 Å². The Bertz CT molecular complexity index is 544. The Kier molecular flexibility index (Phi) is 8.52. The van der Waals surface area contributed by atoms with E-state index in [1.54, 1.807) is 0 Å². The minimum absolute atomic E-state index is 0.482. The van der Waals surface area contributed by atoms with Gasteiger partial charge in [0.1, 0.15) is 0 Å². The first kappa shape index (κ1) is 20.0. The minimum atomic E-state index is 0.482. The largest absolute Gasteiger partial charge is 0.379 e. The summed E-state index contributed by atoms with van der Waals surface area (Å²) in [7, 11) is 1.81. The summed E-state index contributed by atoms with van der Waals surface area (Å²) < 4.78 is 5.47. The van der Waals surface area contributed by atoms with Crippen molar-refractivity contribution in [3.05, 3.63) is 34.9 Å². The van der Waals surface area contributed by atoms with Crippen molar-refractivity contribution in [2.45, 2.75) is 26.3 Å². The summed E-state index contributed by atoms with van der Waals surface area (Å²) in [5.41, 5.74) is 1.23. The highest BCUT2D eigenvalue weighted by molar-refractivity contribution is 6.30. The van der Waals surface area contributed by atoms with Crippen molar-refractivity contribution in [2.24, 2.45) is 10.9 Å². The smallest absolute Gasteiger partial charge is 0.191 e. The van der Waals surface area contributed by atoms with Gasteiger partial charge in [0.15, 0.2) is 5.96 Å². The van der Waals surface area contributed by atoms with E-state index in [0.717, 1.165) is 56.8 Å². The Labute approximate surface area is 156 Å². The monoisotopic (exact) mass is 366 g/mol. The van der Waals surface area contributed by atoms with Gasteiger partial charge in [-0.05, 0) is 30.0 Å². The van der Waals surface area contributed by atoms with Crippen LogP contribution in [0, 0.1) is 5.92 Å². The van der Waals surface area contributed by atoms with E-state index in [0.29, 0.717) is 12.0 Å². The number of benzene rings is 1. The molecule has 0 saturated carbocycles. The molecule has 1 atom stereocenters. The van der Waals surface area contributed by atoms with Crippen molar-refractivity contribution in [1.29, 1.82) is 0 Å². The first-order chi connectivity index (χ1) is 12.1. The molecule has 1 aliphatic rings. The highest BCUT2D eigenvalue weighted by Crippen LogP contribution is 2.12. The van der Waals surface area contributed by atoms with E-state index in [-0.39, 0.29) is 0 Å². The molecule has 0 spiro atoms. The number of hydrogen-bond donors (Lipinski definition) is 2. The zero-order chi connectivity index (χ0) is 18.1. The molecular weight excluding hydrogens is 336 g/mol. The van der Waals surface area contributed by atoms with E-state index in [1.165, 1.54) is 5.56 Å². The number of ether oxygens (including phenoxy) is 1. The third-order valence-corrected chi connectivity index (χ3v) is 4.82. The summed E-state index contributed by atoms with van der Waals surface area (Å²) in [4.78, 5) is 6.85. The molecule has 1 heterocycles. The van der Waals surface area contributed by atoms with Crippen molar-refractivity contribution in [3.63, 3.8) is 0 Å². The lowest BCUT2D eigenvalue weighted by molar-refractivity contribution is 0.00752. The van der Waals surface area contributed by atoms with Crippen LogP contribution in [0.1, 0.15) is 19.4 Å². The van der Waals surface area contributed by atoms with Crippen LogP contribution in [0.3, 0.4) is 0 Å². The van der Waals surface area contributed by atoms with E-state index in [2.05, 4.69) is 40.4 Å². The molecule has 1 fully saturated rings. The second-order valence-corrected chi connectivity index (χ2v) is 7.16. The van der Waals surface area contributed by atoms with Crippen molar-refractivity contribution in [1.82, 2.24) is 15.5 Å². The fraction of sp³-hybridized carbons (Fsp3) is 0.632. The number of nitrogens with one attached hydrogen (secondary N) is 2. The van der Waals surface area contributed by atoms with Gasteiger partial charge in [0.25, 0.3) is 0 Å². The van der Waals surface area contributed by atoms with Crippen LogP contribution < -0.4 is 10.6 Å². The van der Waals surface area contributed by atoms with Crippen molar-refractivity contribution in [3.8, 4) is 0 Å². The summed E-state index contributed by atoms with van der Waals surface area (Å²) >= 11 is 6.03. The average Bonchev–Trinajstić information content (AvgIpc) is 2.61. The quantitative estimate of drug-likeness (QED) is 0.574. The van der Waals surface area contributed by atoms with E-state index in [4.69, 9.17) is 16.3 Å². The van der Waals surface area contributed by atoms with Crippen LogP contribution in [0.2, 0.25) is 5.02 Å². The van der Waals surface area contributed by atoms with E-state index < -0.39 is 0 Å². The Morgan fingerprint density at radius 3 is 2.68 bits per heavy atom. The Morgan fingerprint density at radius 2 is 2.04 bits per heavy atom. The molecule has 6 heteroatoms. The molecule has 140 valence electrons. The Hall–Kier alpha value is -1.30. The van der Waals surface area contributed by atoms with Crippen molar-refractivity contribution in [2.75, 3.05) is 46.4 Å². The maximum absolute atomic E-state index is 6.03. The number of halogens is 1. The normalized spacial score (nSPS) is 17.6. The average molecular weight is 367 g/mol. The lowest BCUT2D eigenvalue weighted by Crippen LogP contribution is -2.52. The summed E-state index contributed by atoms with van der Waals surface area (Å²) in [5.74, 6) is 1.43. The number of rotatable bonds is 7. The number of morpholine rings is 1. The molecule has 1 aromatic rings. The number of guanidine groups is 1. The molecule has 25 heavy (non-hydrogen) atoms. The zero-order valence-corrected chi connectivity index (χ0v) is 16.4. The fourth-order valence-corrected chi connectivity index (χ4v) is 3.35. The van der Waals surface area contributed by atoms with E-state index >= 15 is 0 Å². The molecular formula is C19H31ClN4O. The third kappa shape index (κ3) is 6.84. The van der Waals surface area contributed by atoms with E-state index in [1.807, 2.05) is 25.2 Å². The number of aliphatic imine (C=N–C) groups is 1. The van der Waals surface area contributed by atoms with Crippen LogP contribution in [0.5, 0.6) is 0 Å². The van der Waals surface area contributed by atoms with Crippen molar-refractivity contribution < 1.29 is 4.74 Å². The lowest BCUT2D eigenvalue weighted by Gasteiger charge is -2.37. The predicted molar refractivity (Wildman–Crippen MR) is 106 cm³/mol. The molecule has 1 aliphatic heterocycles. The molecule has 1 saturated heterocycles. The Balaban J connectivity index is 1.78. The van der Waals surface area contributed by atoms with Crippen LogP contribution >= 0.6 is 11.6 Å². The molecule has 0 bridgehead atoms. The van der Waals surface area contributed by atoms with Crippen LogP contribution in [0.15, 0.2) is 29.3 Å². The number of nitrogens with zero attached hydrogens (tertiary/aromatic N) is 2. The van der Waals surface area contributed by atoms with Gasteiger partial charge in [-0.2, -0.15) is 0 Å². The first-order valence-electron chi connectivity index (χ1n) is 9.11. The highest BCUT2D eigenvalue weighted by atomic mass is 35.5. The van der Waals surface area contributed by atoms with Crippen molar-refractivity contribution >= 4 is 17.6 Å². The maximum Gasteiger partial charge on any atom is 0.191 e. The van der Waals surface area contributed by atoms with Gasteiger partial charge in [0.05, 0.1) is 13.2 Å². The van der Waals surface area contributed by atoms with Gasteiger partial charge in [-0.15, -0.1) is 0 Å². The van der Waals surface area contributed by atoms with Gasteiger partial charge in [-0.25, -0.2) is 0 Å². The highest BCUT2D eigenvalue weighted by Gasteiger charge is 2.23. The molecule has 1 unspecified atom stereocenters. The first-order valence-corrected chi connectivity index (χ1v) is 9.48. The topological polar surface area (TPSA) is 48.9 Å². The SMILES string of the molecule is CN=C(NCCc1cccc(Cl)c1)NCC(C(C)C)N1CCOCC1.